The molecule has 1 spiro atoms. The van der Waals surface area contributed by atoms with Gasteiger partial charge >= 0.3 is 18.5 Å². The minimum Gasteiger partial charge on any atom is -0.473 e. The molecule has 1 saturated heterocycles. The Labute approximate surface area is 264 Å². The van der Waals surface area contributed by atoms with Gasteiger partial charge in [0.25, 0.3) is 0 Å². The molecular formula is C32H38F3N5O6. The highest BCUT2D eigenvalue weighted by molar-refractivity contribution is 5.89. The quantitative estimate of drug-likeness (QED) is 0.280. The lowest BCUT2D eigenvalue weighted by Gasteiger charge is -2.57. The van der Waals surface area contributed by atoms with Crippen molar-refractivity contribution in [1.29, 1.82) is 0 Å². The van der Waals surface area contributed by atoms with Crippen molar-refractivity contribution < 1.29 is 41.7 Å². The van der Waals surface area contributed by atoms with Gasteiger partial charge in [-0.2, -0.15) is 0 Å². The van der Waals surface area contributed by atoms with Crippen LogP contribution in [-0.4, -0.2) is 65.1 Å². The lowest BCUT2D eigenvalue weighted by atomic mass is 9.62. The number of anilines is 1. The van der Waals surface area contributed by atoms with Crippen LogP contribution in [-0.2, 0) is 22.6 Å². The highest BCUT2D eigenvalue weighted by atomic mass is 19.4. The van der Waals surface area contributed by atoms with E-state index in [0.29, 0.717) is 41.6 Å². The summed E-state index contributed by atoms with van der Waals surface area (Å²) in [6.07, 6.45) is -3.84. The summed E-state index contributed by atoms with van der Waals surface area (Å²) >= 11 is 0. The summed E-state index contributed by atoms with van der Waals surface area (Å²) in [4.78, 5) is 27.1. The molecule has 11 nitrogen and oxygen atoms in total. The summed E-state index contributed by atoms with van der Waals surface area (Å²) in [6.45, 7) is 8.42. The van der Waals surface area contributed by atoms with Crippen molar-refractivity contribution in [2.75, 3.05) is 25.5 Å². The molecule has 2 fully saturated rings. The van der Waals surface area contributed by atoms with Gasteiger partial charge in [-0.3, -0.25) is 5.32 Å². The molecule has 5 rings (SSSR count). The number of halogens is 3. The third kappa shape index (κ3) is 7.84. The van der Waals surface area contributed by atoms with Crippen LogP contribution >= 0.6 is 0 Å². The summed E-state index contributed by atoms with van der Waals surface area (Å²) in [6, 6.07) is 12.6. The molecule has 0 bridgehead atoms. The number of carbonyl (C=O) groups excluding carboxylic acids is 2. The van der Waals surface area contributed by atoms with Gasteiger partial charge in [-0.25, -0.2) is 14.3 Å². The zero-order valence-corrected chi connectivity index (χ0v) is 26.4. The third-order valence-corrected chi connectivity index (χ3v) is 7.72. The zero-order valence-electron chi connectivity index (χ0n) is 26.4. The SMILES string of the molecule is COCc1ccc(OC(F)(F)F)c(CNC(=O)Nc2c(C)c(OC3CC4(C3)CN(C(=O)OC(C)(C)C)C4)nn2-c2ccccc2)c1. The first kappa shape index (κ1) is 32.9. The van der Waals surface area contributed by atoms with E-state index in [0.717, 1.165) is 12.8 Å². The molecule has 46 heavy (non-hydrogen) atoms. The normalized spacial score (nSPS) is 16.0. The Bertz CT molecular complexity index is 1560. The maximum Gasteiger partial charge on any atom is 0.573 e. The molecule has 1 aliphatic carbocycles. The van der Waals surface area contributed by atoms with Crippen molar-refractivity contribution in [2.24, 2.45) is 5.41 Å². The number of amides is 3. The van der Waals surface area contributed by atoms with E-state index < -0.39 is 23.7 Å². The fourth-order valence-corrected chi connectivity index (χ4v) is 5.69. The number of nitrogens with one attached hydrogen (secondary N) is 2. The summed E-state index contributed by atoms with van der Waals surface area (Å²) < 4.78 is 61.5. The summed E-state index contributed by atoms with van der Waals surface area (Å²) in [5, 5.41) is 10.0. The van der Waals surface area contributed by atoms with Gasteiger partial charge in [-0.05, 0) is 70.4 Å². The predicted octanol–water partition coefficient (Wildman–Crippen LogP) is 6.33. The number of ether oxygens (including phenoxy) is 4. The second-order valence-electron chi connectivity index (χ2n) is 12.7. The second kappa shape index (κ2) is 12.7. The largest absolute Gasteiger partial charge is 0.573 e. The van der Waals surface area contributed by atoms with E-state index in [2.05, 4.69) is 20.5 Å². The lowest BCUT2D eigenvalue weighted by Crippen LogP contribution is -2.66. The molecular weight excluding hydrogens is 607 g/mol. The Morgan fingerprint density at radius 1 is 1.07 bits per heavy atom. The number of nitrogens with zero attached hydrogens (tertiary/aromatic N) is 3. The Kier molecular flexibility index (Phi) is 9.12. The van der Waals surface area contributed by atoms with Gasteiger partial charge in [-0.1, -0.05) is 24.3 Å². The Morgan fingerprint density at radius 3 is 2.39 bits per heavy atom. The Morgan fingerprint density at radius 2 is 1.76 bits per heavy atom. The summed E-state index contributed by atoms with van der Waals surface area (Å²) in [5.41, 5.74) is 1.43. The van der Waals surface area contributed by atoms with Crippen molar-refractivity contribution in [1.82, 2.24) is 20.0 Å². The van der Waals surface area contributed by atoms with Crippen LogP contribution in [0.5, 0.6) is 11.6 Å². The van der Waals surface area contributed by atoms with Crippen LogP contribution in [0.1, 0.15) is 50.3 Å². The number of hydrogen-bond acceptors (Lipinski definition) is 7. The molecule has 2 heterocycles. The standard InChI is InChI=1S/C32H38F3N5O6/c1-20-26(37-28(41)36-16-22-13-21(17-43-5)11-12-25(22)45-32(33,34)35)40(23-9-7-6-8-10-23)38-27(20)44-24-14-31(15-24)18-39(19-31)29(42)46-30(2,3)4/h6-13,24H,14-19H2,1-5H3,(H2,36,37,41). The Hall–Kier alpha value is -4.46. The van der Waals surface area contributed by atoms with Crippen molar-refractivity contribution in [3.05, 3.63) is 65.2 Å². The average Bonchev–Trinajstić information content (AvgIpc) is 3.22. The molecule has 1 saturated carbocycles. The fraction of sp³-hybridized carbons (Fsp3) is 0.469. The van der Waals surface area contributed by atoms with Gasteiger partial charge in [0.2, 0.25) is 5.88 Å². The van der Waals surface area contributed by atoms with Crippen LogP contribution in [0.15, 0.2) is 48.5 Å². The van der Waals surface area contributed by atoms with Crippen LogP contribution in [0.25, 0.3) is 5.69 Å². The zero-order chi connectivity index (χ0) is 33.3. The maximum absolute atomic E-state index is 13.1. The first-order chi connectivity index (χ1) is 21.6. The average molecular weight is 646 g/mol. The van der Waals surface area contributed by atoms with Gasteiger partial charge in [-0.15, -0.1) is 18.3 Å². The van der Waals surface area contributed by atoms with E-state index in [1.165, 1.54) is 25.3 Å². The van der Waals surface area contributed by atoms with Crippen LogP contribution in [0, 0.1) is 12.3 Å². The van der Waals surface area contributed by atoms with Crippen LogP contribution in [0.3, 0.4) is 0 Å². The number of hydrogen-bond donors (Lipinski definition) is 2. The monoisotopic (exact) mass is 645 g/mol. The molecule has 3 amide bonds. The second-order valence-corrected chi connectivity index (χ2v) is 12.7. The minimum atomic E-state index is -4.90. The highest BCUT2D eigenvalue weighted by Gasteiger charge is 2.55. The molecule has 2 N–H and O–H groups in total. The van der Waals surface area contributed by atoms with E-state index in [1.54, 1.807) is 16.5 Å². The minimum absolute atomic E-state index is 0.00627. The number of aromatic nitrogens is 2. The Balaban J connectivity index is 1.26. The van der Waals surface area contributed by atoms with Crippen molar-refractivity contribution in [3.63, 3.8) is 0 Å². The van der Waals surface area contributed by atoms with E-state index >= 15 is 0 Å². The van der Waals surface area contributed by atoms with Gasteiger partial charge in [0, 0.05) is 37.7 Å². The lowest BCUT2D eigenvalue weighted by molar-refractivity contribution is -0.274. The number of benzene rings is 2. The smallest absolute Gasteiger partial charge is 0.473 e. The van der Waals surface area contributed by atoms with Gasteiger partial charge in [0.15, 0.2) is 0 Å². The predicted molar refractivity (Wildman–Crippen MR) is 162 cm³/mol. The first-order valence-corrected chi connectivity index (χ1v) is 14.8. The maximum atomic E-state index is 13.1. The molecule has 0 radical (unpaired) electrons. The highest BCUT2D eigenvalue weighted by Crippen LogP contribution is 2.50. The number of rotatable bonds is 9. The van der Waals surface area contributed by atoms with Crippen LogP contribution in [0.4, 0.5) is 28.6 Å². The molecule has 3 aromatic rings. The first-order valence-electron chi connectivity index (χ1n) is 14.8. The molecule has 1 aromatic heterocycles. The molecule has 2 aromatic carbocycles. The van der Waals surface area contributed by atoms with Crippen molar-refractivity contribution in [2.45, 2.75) is 71.8 Å². The van der Waals surface area contributed by atoms with Crippen molar-refractivity contribution >= 4 is 17.9 Å². The number of carbonyl (C=O) groups is 2. The molecule has 0 atom stereocenters. The summed E-state index contributed by atoms with van der Waals surface area (Å²) in [7, 11) is 1.47. The van der Waals surface area contributed by atoms with Crippen LogP contribution < -0.4 is 20.1 Å². The number of alkyl halides is 3. The third-order valence-electron chi connectivity index (χ3n) is 7.72. The van der Waals surface area contributed by atoms with Gasteiger partial charge in [0.1, 0.15) is 23.3 Å². The molecule has 248 valence electrons. The van der Waals surface area contributed by atoms with E-state index in [-0.39, 0.29) is 36.3 Å². The number of urea groups is 1. The fourth-order valence-electron chi connectivity index (χ4n) is 5.69. The summed E-state index contributed by atoms with van der Waals surface area (Å²) in [5.74, 6) is 0.260. The molecule has 1 aliphatic heterocycles. The molecule has 0 unspecified atom stereocenters. The van der Waals surface area contributed by atoms with Crippen molar-refractivity contribution in [3.8, 4) is 17.3 Å². The van der Waals surface area contributed by atoms with Gasteiger partial charge in [0.05, 0.1) is 17.9 Å². The number of likely N-dealkylation sites (tertiary alicyclic amines) is 1. The number of para-hydroxylation sites is 1. The van der Waals surface area contributed by atoms with Crippen LogP contribution in [0.2, 0.25) is 0 Å². The van der Waals surface area contributed by atoms with E-state index in [9.17, 15) is 22.8 Å². The van der Waals surface area contributed by atoms with E-state index in [4.69, 9.17) is 14.2 Å². The molecule has 2 aliphatic rings. The van der Waals surface area contributed by atoms with E-state index in [1.807, 2.05) is 51.1 Å². The molecule has 14 heteroatoms. The number of methoxy groups -OCH3 is 1. The topological polar surface area (TPSA) is 116 Å². The van der Waals surface area contributed by atoms with Gasteiger partial charge < -0.3 is 29.2 Å².